The number of fused-ring (bicyclic) bond motifs is 1. The van der Waals surface area contributed by atoms with Crippen LogP contribution in [0.15, 0.2) is 96.3 Å². The molecule has 36 heavy (non-hydrogen) atoms. The van der Waals surface area contributed by atoms with Crippen LogP contribution in [0.25, 0.3) is 22.0 Å². The van der Waals surface area contributed by atoms with Crippen molar-refractivity contribution < 1.29 is 4.79 Å². The summed E-state index contributed by atoms with van der Waals surface area (Å²) in [5.74, 6) is -0.115. The molecule has 0 bridgehead atoms. The van der Waals surface area contributed by atoms with E-state index in [1.54, 1.807) is 12.3 Å². The summed E-state index contributed by atoms with van der Waals surface area (Å²) in [6.07, 6.45) is 5.44. The van der Waals surface area contributed by atoms with Gasteiger partial charge in [0.05, 0.1) is 23.8 Å². The molecule has 0 spiro atoms. The molecule has 3 aromatic carbocycles. The van der Waals surface area contributed by atoms with Gasteiger partial charge in [0.15, 0.2) is 0 Å². The van der Waals surface area contributed by atoms with Crippen LogP contribution in [0.2, 0.25) is 0 Å². The fraction of sp³-hybridized carbons (Fsp3) is 0.172. The lowest BCUT2D eigenvalue weighted by atomic mass is 9.98. The number of amides is 1. The van der Waals surface area contributed by atoms with Crippen LogP contribution in [0.5, 0.6) is 0 Å². The summed E-state index contributed by atoms with van der Waals surface area (Å²) in [5, 5.41) is 7.83. The molecule has 0 aliphatic heterocycles. The largest absolute Gasteiger partial charge is 0.352 e. The minimum atomic E-state index is -0.127. The number of benzene rings is 3. The van der Waals surface area contributed by atoms with Crippen molar-refractivity contribution in [1.82, 2.24) is 24.6 Å². The predicted molar refractivity (Wildman–Crippen MR) is 140 cm³/mol. The fourth-order valence-corrected chi connectivity index (χ4v) is 4.33. The first-order chi connectivity index (χ1) is 17.6. The number of carbonyl (C=O) groups is 1. The van der Waals surface area contributed by atoms with Gasteiger partial charge in [0.25, 0.3) is 5.56 Å². The summed E-state index contributed by atoms with van der Waals surface area (Å²) in [7, 11) is 0. The Labute approximate surface area is 209 Å². The van der Waals surface area contributed by atoms with Crippen molar-refractivity contribution in [3.8, 4) is 11.1 Å². The van der Waals surface area contributed by atoms with E-state index < -0.39 is 0 Å². The second kappa shape index (κ2) is 10.4. The maximum atomic E-state index is 12.8. The van der Waals surface area contributed by atoms with Crippen molar-refractivity contribution in [2.24, 2.45) is 0 Å². The number of nitrogens with zero attached hydrogens (tertiary/aromatic N) is 4. The molecule has 2 aromatic heterocycles. The molecule has 0 atom stereocenters. The van der Waals surface area contributed by atoms with Crippen molar-refractivity contribution in [2.75, 3.05) is 0 Å². The van der Waals surface area contributed by atoms with Gasteiger partial charge in [-0.25, -0.2) is 4.98 Å². The van der Waals surface area contributed by atoms with E-state index in [2.05, 4.69) is 45.7 Å². The van der Waals surface area contributed by atoms with E-state index in [1.165, 1.54) is 16.5 Å². The molecule has 0 saturated carbocycles. The van der Waals surface area contributed by atoms with Gasteiger partial charge >= 0.3 is 0 Å². The van der Waals surface area contributed by atoms with Gasteiger partial charge < -0.3 is 5.32 Å². The number of hydrogen-bond donors (Lipinski definition) is 1. The molecule has 2 heterocycles. The van der Waals surface area contributed by atoms with Crippen molar-refractivity contribution in [2.45, 2.75) is 33.0 Å². The van der Waals surface area contributed by atoms with Gasteiger partial charge in [0, 0.05) is 31.9 Å². The average Bonchev–Trinajstić information content (AvgIpc) is 3.41. The first-order valence-corrected chi connectivity index (χ1v) is 11.9. The zero-order valence-electron chi connectivity index (χ0n) is 20.1. The van der Waals surface area contributed by atoms with Crippen molar-refractivity contribution in [3.63, 3.8) is 0 Å². The molecule has 0 aliphatic carbocycles. The minimum absolute atomic E-state index is 0.115. The first kappa shape index (κ1) is 23.2. The number of carbonyl (C=O) groups excluding carboxylic acids is 1. The molecule has 0 unspecified atom stereocenters. The van der Waals surface area contributed by atoms with E-state index >= 15 is 0 Å². The third-order valence-electron chi connectivity index (χ3n) is 6.30. The topological polar surface area (TPSA) is 81.8 Å². The molecule has 1 N–H and O–H groups in total. The number of aromatic nitrogens is 4. The van der Waals surface area contributed by atoms with Gasteiger partial charge in [0.1, 0.15) is 0 Å². The van der Waals surface area contributed by atoms with E-state index in [4.69, 9.17) is 0 Å². The summed E-state index contributed by atoms with van der Waals surface area (Å²) < 4.78 is 3.39. The number of aryl methyl sites for hydroxylation is 2. The highest BCUT2D eigenvalue weighted by Crippen LogP contribution is 2.24. The molecule has 7 nitrogen and oxygen atoms in total. The van der Waals surface area contributed by atoms with Crippen molar-refractivity contribution >= 4 is 16.8 Å². The van der Waals surface area contributed by atoms with E-state index in [0.717, 1.165) is 28.8 Å². The molecule has 0 saturated heterocycles. The summed E-state index contributed by atoms with van der Waals surface area (Å²) in [6, 6.07) is 23.9. The average molecular weight is 478 g/mol. The van der Waals surface area contributed by atoms with Crippen LogP contribution in [-0.2, 0) is 24.4 Å². The molecule has 1 amide bonds. The molecule has 0 aliphatic rings. The third kappa shape index (κ3) is 5.10. The lowest BCUT2D eigenvalue weighted by molar-refractivity contribution is -0.121. The molecule has 0 fully saturated rings. The molecule has 0 radical (unpaired) electrons. The lowest BCUT2D eigenvalue weighted by Gasteiger charge is -2.12. The molecule has 7 heteroatoms. The number of nitrogens with one attached hydrogen (secondary N) is 1. The Balaban J connectivity index is 1.22. The molecular formula is C29H27N5O2. The third-order valence-corrected chi connectivity index (χ3v) is 6.30. The minimum Gasteiger partial charge on any atom is -0.352 e. The Morgan fingerprint density at radius 3 is 2.61 bits per heavy atom. The predicted octanol–water partition coefficient (Wildman–Crippen LogP) is 4.32. The van der Waals surface area contributed by atoms with Crippen LogP contribution < -0.4 is 10.9 Å². The SMILES string of the molecule is Cc1cccc2c(=O)n(CCC(=O)NCc3ccccc3-c3ccc(Cn4cccn4)cc3)cnc12. The normalized spacial score (nSPS) is 11.0. The molecular weight excluding hydrogens is 450 g/mol. The van der Waals surface area contributed by atoms with Gasteiger partial charge in [-0.05, 0) is 46.9 Å². The van der Waals surface area contributed by atoms with Gasteiger partial charge in [0.2, 0.25) is 5.91 Å². The summed E-state index contributed by atoms with van der Waals surface area (Å²) >= 11 is 0. The summed E-state index contributed by atoms with van der Waals surface area (Å²) in [6.45, 7) is 3.34. The van der Waals surface area contributed by atoms with Crippen LogP contribution in [0.1, 0.15) is 23.1 Å². The van der Waals surface area contributed by atoms with E-state index in [-0.39, 0.29) is 24.4 Å². The Hall–Kier alpha value is -4.52. The number of rotatable bonds is 8. The molecule has 180 valence electrons. The van der Waals surface area contributed by atoms with Gasteiger partial charge in [-0.15, -0.1) is 0 Å². The maximum absolute atomic E-state index is 12.8. The summed E-state index contributed by atoms with van der Waals surface area (Å²) in [4.78, 5) is 29.8. The monoisotopic (exact) mass is 477 g/mol. The lowest BCUT2D eigenvalue weighted by Crippen LogP contribution is -2.27. The Morgan fingerprint density at radius 1 is 0.972 bits per heavy atom. The van der Waals surface area contributed by atoms with Crippen LogP contribution in [0.3, 0.4) is 0 Å². The number of para-hydroxylation sites is 1. The van der Waals surface area contributed by atoms with Crippen LogP contribution >= 0.6 is 0 Å². The fourth-order valence-electron chi connectivity index (χ4n) is 4.33. The van der Waals surface area contributed by atoms with Gasteiger partial charge in [-0.3, -0.25) is 18.8 Å². The molecule has 5 rings (SSSR count). The Bertz CT molecular complexity index is 1550. The van der Waals surface area contributed by atoms with E-state index in [1.807, 2.05) is 54.2 Å². The Morgan fingerprint density at radius 2 is 1.81 bits per heavy atom. The Kier molecular flexibility index (Phi) is 6.71. The maximum Gasteiger partial charge on any atom is 0.261 e. The molecule has 5 aromatic rings. The first-order valence-electron chi connectivity index (χ1n) is 11.9. The second-order valence-electron chi connectivity index (χ2n) is 8.80. The van der Waals surface area contributed by atoms with Crippen LogP contribution in [0, 0.1) is 6.92 Å². The number of hydrogen-bond acceptors (Lipinski definition) is 4. The van der Waals surface area contributed by atoms with Crippen LogP contribution in [0.4, 0.5) is 0 Å². The smallest absolute Gasteiger partial charge is 0.261 e. The summed E-state index contributed by atoms with van der Waals surface area (Å²) in [5.41, 5.74) is 5.90. The van der Waals surface area contributed by atoms with Gasteiger partial charge in [-0.1, -0.05) is 60.7 Å². The van der Waals surface area contributed by atoms with Gasteiger partial charge in [-0.2, -0.15) is 5.10 Å². The van der Waals surface area contributed by atoms with Crippen molar-refractivity contribution in [3.05, 3.63) is 119 Å². The highest BCUT2D eigenvalue weighted by atomic mass is 16.1. The standard InChI is InChI=1S/C29H27N5O2/c1-21-6-4-9-26-28(21)31-20-33(29(26)36)17-14-27(35)30-18-24-7-2-3-8-25(24)23-12-10-22(11-13-23)19-34-16-5-15-32-34/h2-13,15-16,20H,14,17-19H2,1H3,(H,30,35). The van der Waals surface area contributed by atoms with E-state index in [0.29, 0.717) is 17.4 Å². The quantitative estimate of drug-likeness (QED) is 0.361. The van der Waals surface area contributed by atoms with E-state index in [9.17, 15) is 9.59 Å². The zero-order chi connectivity index (χ0) is 24.9. The highest BCUT2D eigenvalue weighted by molar-refractivity contribution is 5.80. The van der Waals surface area contributed by atoms with Crippen LogP contribution in [-0.4, -0.2) is 25.2 Å². The highest BCUT2D eigenvalue weighted by Gasteiger charge is 2.10. The zero-order valence-corrected chi connectivity index (χ0v) is 20.1. The second-order valence-corrected chi connectivity index (χ2v) is 8.80. The van der Waals surface area contributed by atoms with Crippen molar-refractivity contribution in [1.29, 1.82) is 0 Å².